The summed E-state index contributed by atoms with van der Waals surface area (Å²) in [5.41, 5.74) is 0.475. The molecule has 0 saturated carbocycles. The maximum atomic E-state index is 10.9. The van der Waals surface area contributed by atoms with E-state index in [1.54, 1.807) is 0 Å². The molecule has 0 aromatic carbocycles. The average molecular weight is 167 g/mol. The lowest BCUT2D eigenvalue weighted by molar-refractivity contribution is -0.123. The number of aromatic nitrogens is 2. The molecule has 1 rings (SSSR count). The number of hydrogen-bond donors (Lipinski definition) is 2. The van der Waals surface area contributed by atoms with Crippen LogP contribution in [-0.2, 0) is 4.79 Å². The van der Waals surface area contributed by atoms with Gasteiger partial charge in [-0.1, -0.05) is 0 Å². The van der Waals surface area contributed by atoms with E-state index in [-0.39, 0.29) is 0 Å². The first kappa shape index (κ1) is 8.61. The predicted molar refractivity (Wildman–Crippen MR) is 42.3 cm³/mol. The molecule has 1 aromatic heterocycles. The van der Waals surface area contributed by atoms with Crippen LogP contribution in [0.2, 0.25) is 0 Å². The summed E-state index contributed by atoms with van der Waals surface area (Å²) in [6.07, 6.45) is 3.24. The lowest BCUT2D eigenvalue weighted by Gasteiger charge is -2.04. The normalized spacial score (nSPS) is 12.2. The molecule has 64 valence electrons. The number of rotatable bonds is 2. The van der Waals surface area contributed by atoms with Crippen molar-refractivity contribution in [3.05, 3.63) is 18.7 Å². The van der Waals surface area contributed by atoms with Crippen molar-refractivity contribution in [3.63, 3.8) is 0 Å². The molecule has 1 aromatic rings. The molecular formula is C7H9N3O2. The van der Waals surface area contributed by atoms with Crippen molar-refractivity contribution in [3.8, 4) is 0 Å². The van der Waals surface area contributed by atoms with Gasteiger partial charge in [0.05, 0.1) is 18.1 Å². The maximum absolute atomic E-state index is 10.9. The van der Waals surface area contributed by atoms with Crippen LogP contribution < -0.4 is 5.32 Å². The fraction of sp³-hybridized carbons (Fsp3) is 0.286. The minimum Gasteiger partial charge on any atom is -0.384 e. The number of anilines is 1. The molecule has 0 unspecified atom stereocenters. The standard InChI is InChI=1S/C7H9N3O2/c1-5(11)7(12)10-6-2-8-4-9-3-6/h2-5,11H,1H3,(H,10,12)/t5-/m0/s1. The number of carbonyl (C=O) groups excluding carboxylic acids is 1. The van der Waals surface area contributed by atoms with Crippen molar-refractivity contribution in [2.24, 2.45) is 0 Å². The van der Waals surface area contributed by atoms with E-state index >= 15 is 0 Å². The largest absolute Gasteiger partial charge is 0.384 e. The van der Waals surface area contributed by atoms with Crippen LogP contribution in [0.5, 0.6) is 0 Å². The van der Waals surface area contributed by atoms with Crippen molar-refractivity contribution in [1.82, 2.24) is 9.97 Å². The van der Waals surface area contributed by atoms with Gasteiger partial charge in [-0.25, -0.2) is 9.97 Å². The van der Waals surface area contributed by atoms with E-state index < -0.39 is 12.0 Å². The molecular weight excluding hydrogens is 158 g/mol. The van der Waals surface area contributed by atoms with E-state index in [9.17, 15) is 4.79 Å². The summed E-state index contributed by atoms with van der Waals surface area (Å²) in [6, 6.07) is 0. The topological polar surface area (TPSA) is 75.1 Å². The third kappa shape index (κ3) is 2.28. The van der Waals surface area contributed by atoms with Gasteiger partial charge in [0.1, 0.15) is 12.4 Å². The molecule has 0 aliphatic heterocycles. The van der Waals surface area contributed by atoms with Crippen molar-refractivity contribution in [2.45, 2.75) is 13.0 Å². The molecule has 0 fully saturated rings. The van der Waals surface area contributed by atoms with Crippen molar-refractivity contribution < 1.29 is 9.90 Å². The van der Waals surface area contributed by atoms with Crippen LogP contribution in [-0.4, -0.2) is 27.1 Å². The number of amides is 1. The molecule has 0 radical (unpaired) electrons. The highest BCUT2D eigenvalue weighted by atomic mass is 16.3. The second kappa shape index (κ2) is 3.77. The second-order valence-corrected chi connectivity index (χ2v) is 2.29. The Kier molecular flexibility index (Phi) is 2.71. The van der Waals surface area contributed by atoms with E-state index in [4.69, 9.17) is 5.11 Å². The zero-order valence-electron chi connectivity index (χ0n) is 6.56. The van der Waals surface area contributed by atoms with Gasteiger partial charge in [0, 0.05) is 0 Å². The zero-order chi connectivity index (χ0) is 8.97. The Bertz CT molecular complexity index is 261. The van der Waals surface area contributed by atoms with E-state index in [1.807, 2.05) is 0 Å². The van der Waals surface area contributed by atoms with Gasteiger partial charge in [0.25, 0.3) is 5.91 Å². The lowest BCUT2D eigenvalue weighted by atomic mass is 10.4. The van der Waals surface area contributed by atoms with Crippen LogP contribution in [0.15, 0.2) is 18.7 Å². The number of nitrogens with zero attached hydrogens (tertiary/aromatic N) is 2. The third-order valence-electron chi connectivity index (χ3n) is 1.21. The molecule has 2 N–H and O–H groups in total. The van der Waals surface area contributed by atoms with Gasteiger partial charge < -0.3 is 10.4 Å². The van der Waals surface area contributed by atoms with Crippen LogP contribution in [0.1, 0.15) is 6.92 Å². The smallest absolute Gasteiger partial charge is 0.253 e. The van der Waals surface area contributed by atoms with E-state index in [2.05, 4.69) is 15.3 Å². The summed E-state index contributed by atoms with van der Waals surface area (Å²) in [5.74, 6) is -0.468. The van der Waals surface area contributed by atoms with Crippen LogP contribution in [0, 0.1) is 0 Å². The number of nitrogens with one attached hydrogen (secondary N) is 1. The van der Waals surface area contributed by atoms with Gasteiger partial charge in [-0.2, -0.15) is 0 Å². The van der Waals surface area contributed by atoms with Gasteiger partial charge in [0.15, 0.2) is 0 Å². The van der Waals surface area contributed by atoms with Crippen molar-refractivity contribution >= 4 is 11.6 Å². The Morgan fingerprint density at radius 1 is 1.58 bits per heavy atom. The van der Waals surface area contributed by atoms with Crippen LogP contribution in [0.4, 0.5) is 5.69 Å². The summed E-state index contributed by atoms with van der Waals surface area (Å²) >= 11 is 0. The summed E-state index contributed by atoms with van der Waals surface area (Å²) in [4.78, 5) is 18.3. The third-order valence-corrected chi connectivity index (χ3v) is 1.21. The summed E-state index contributed by atoms with van der Waals surface area (Å²) in [6.45, 7) is 1.39. The SMILES string of the molecule is C[C@H](O)C(=O)Nc1cncnc1. The Morgan fingerprint density at radius 3 is 2.67 bits per heavy atom. The van der Waals surface area contributed by atoms with Gasteiger partial charge in [-0.3, -0.25) is 4.79 Å². The first-order valence-electron chi connectivity index (χ1n) is 3.44. The van der Waals surface area contributed by atoms with Gasteiger partial charge in [0.2, 0.25) is 0 Å². The minimum atomic E-state index is -1.02. The maximum Gasteiger partial charge on any atom is 0.253 e. The van der Waals surface area contributed by atoms with Crippen LogP contribution >= 0.6 is 0 Å². The quantitative estimate of drug-likeness (QED) is 0.639. The summed E-state index contributed by atoms with van der Waals surface area (Å²) < 4.78 is 0. The molecule has 1 amide bonds. The minimum absolute atomic E-state index is 0.468. The average Bonchev–Trinajstić information content (AvgIpc) is 2.06. The number of carbonyl (C=O) groups is 1. The van der Waals surface area contributed by atoms with E-state index in [1.165, 1.54) is 25.6 Å². The molecule has 12 heavy (non-hydrogen) atoms. The molecule has 1 heterocycles. The summed E-state index contributed by atoms with van der Waals surface area (Å²) in [5, 5.41) is 11.3. The van der Waals surface area contributed by atoms with Crippen LogP contribution in [0.3, 0.4) is 0 Å². The fourth-order valence-corrected chi connectivity index (χ4v) is 0.610. The Balaban J connectivity index is 2.59. The van der Waals surface area contributed by atoms with Crippen LogP contribution in [0.25, 0.3) is 0 Å². The number of aliphatic hydroxyl groups excluding tert-OH is 1. The molecule has 0 bridgehead atoms. The second-order valence-electron chi connectivity index (χ2n) is 2.29. The molecule has 0 aliphatic carbocycles. The lowest BCUT2D eigenvalue weighted by Crippen LogP contribution is -2.24. The van der Waals surface area contributed by atoms with E-state index in [0.717, 1.165) is 0 Å². The molecule has 0 spiro atoms. The molecule has 0 saturated heterocycles. The molecule has 1 atom stereocenters. The van der Waals surface area contributed by atoms with Gasteiger partial charge in [-0.15, -0.1) is 0 Å². The zero-order valence-corrected chi connectivity index (χ0v) is 6.56. The predicted octanol–water partition coefficient (Wildman–Crippen LogP) is -0.204. The fourth-order valence-electron chi connectivity index (χ4n) is 0.610. The molecule has 5 heteroatoms. The van der Waals surface area contributed by atoms with E-state index in [0.29, 0.717) is 5.69 Å². The first-order valence-corrected chi connectivity index (χ1v) is 3.44. The first-order chi connectivity index (χ1) is 5.70. The highest BCUT2D eigenvalue weighted by Gasteiger charge is 2.07. The van der Waals surface area contributed by atoms with Crippen molar-refractivity contribution in [2.75, 3.05) is 5.32 Å². The number of hydrogen-bond acceptors (Lipinski definition) is 4. The Labute approximate surface area is 69.5 Å². The number of aliphatic hydroxyl groups is 1. The molecule has 0 aliphatic rings. The van der Waals surface area contributed by atoms with Gasteiger partial charge >= 0.3 is 0 Å². The highest BCUT2D eigenvalue weighted by molar-refractivity contribution is 5.93. The van der Waals surface area contributed by atoms with Crippen molar-refractivity contribution in [1.29, 1.82) is 0 Å². The Morgan fingerprint density at radius 2 is 2.17 bits per heavy atom. The molecule has 5 nitrogen and oxygen atoms in total. The Hall–Kier alpha value is -1.49. The van der Waals surface area contributed by atoms with Gasteiger partial charge in [-0.05, 0) is 6.92 Å². The highest BCUT2D eigenvalue weighted by Crippen LogP contribution is 2.00. The summed E-state index contributed by atoms with van der Waals surface area (Å²) in [7, 11) is 0. The monoisotopic (exact) mass is 167 g/mol.